The molecule has 138 valence electrons. The number of rotatable bonds is 5. The minimum absolute atomic E-state index is 0.230. The summed E-state index contributed by atoms with van der Waals surface area (Å²) in [7, 11) is -3.26. The third-order valence-corrected chi connectivity index (χ3v) is 5.50. The summed E-state index contributed by atoms with van der Waals surface area (Å²) in [5.74, 6) is 0.593. The van der Waals surface area contributed by atoms with E-state index in [9.17, 15) is 13.2 Å². The molecule has 0 bridgehead atoms. The van der Waals surface area contributed by atoms with Crippen LogP contribution in [0.1, 0.15) is 29.6 Å². The SMILES string of the molecule is CS(=O)(=O)c1ccc(Nc2nc(N3CCCCC3)ccc2C(N)=O)cc1. The summed E-state index contributed by atoms with van der Waals surface area (Å²) < 4.78 is 23.1. The predicted molar refractivity (Wildman–Crippen MR) is 102 cm³/mol. The van der Waals surface area contributed by atoms with Gasteiger partial charge in [-0.15, -0.1) is 0 Å². The Labute approximate surface area is 153 Å². The zero-order valence-corrected chi connectivity index (χ0v) is 15.4. The molecule has 0 spiro atoms. The molecule has 26 heavy (non-hydrogen) atoms. The van der Waals surface area contributed by atoms with Crippen LogP contribution in [-0.2, 0) is 9.84 Å². The van der Waals surface area contributed by atoms with E-state index in [0.717, 1.165) is 38.0 Å². The highest BCUT2D eigenvalue weighted by molar-refractivity contribution is 7.90. The maximum atomic E-state index is 11.7. The van der Waals surface area contributed by atoms with Crippen molar-refractivity contribution in [1.82, 2.24) is 4.98 Å². The van der Waals surface area contributed by atoms with Crippen molar-refractivity contribution in [2.24, 2.45) is 5.73 Å². The number of anilines is 3. The van der Waals surface area contributed by atoms with E-state index in [1.165, 1.54) is 18.6 Å². The number of piperidine rings is 1. The molecule has 7 nitrogen and oxygen atoms in total. The topological polar surface area (TPSA) is 105 Å². The van der Waals surface area contributed by atoms with Crippen LogP contribution in [0.15, 0.2) is 41.3 Å². The third-order valence-electron chi connectivity index (χ3n) is 4.37. The van der Waals surface area contributed by atoms with Gasteiger partial charge in [0.2, 0.25) is 0 Å². The smallest absolute Gasteiger partial charge is 0.252 e. The number of pyridine rings is 1. The fraction of sp³-hybridized carbons (Fsp3) is 0.333. The van der Waals surface area contributed by atoms with Crippen molar-refractivity contribution in [3.63, 3.8) is 0 Å². The molecule has 0 radical (unpaired) electrons. The molecule has 0 aliphatic carbocycles. The first-order chi connectivity index (χ1) is 12.3. The fourth-order valence-electron chi connectivity index (χ4n) is 2.96. The van der Waals surface area contributed by atoms with Crippen LogP contribution >= 0.6 is 0 Å². The number of nitrogens with one attached hydrogen (secondary N) is 1. The van der Waals surface area contributed by atoms with Gasteiger partial charge in [-0.1, -0.05) is 0 Å². The van der Waals surface area contributed by atoms with Crippen molar-refractivity contribution in [3.05, 3.63) is 42.0 Å². The summed E-state index contributed by atoms with van der Waals surface area (Å²) in [6.07, 6.45) is 4.61. The lowest BCUT2D eigenvalue weighted by molar-refractivity contribution is 0.100. The number of nitrogens with zero attached hydrogens (tertiary/aromatic N) is 2. The Morgan fingerprint density at radius 2 is 1.73 bits per heavy atom. The predicted octanol–water partition coefficient (Wildman–Crippen LogP) is 2.32. The molecule has 3 rings (SSSR count). The average Bonchev–Trinajstić information content (AvgIpc) is 2.62. The molecule has 2 heterocycles. The van der Waals surface area contributed by atoms with Gasteiger partial charge in [-0.3, -0.25) is 4.79 Å². The zero-order valence-electron chi connectivity index (χ0n) is 14.6. The van der Waals surface area contributed by atoms with Crippen LogP contribution in [0.2, 0.25) is 0 Å². The number of benzene rings is 1. The lowest BCUT2D eigenvalue weighted by atomic mass is 10.1. The van der Waals surface area contributed by atoms with E-state index in [0.29, 0.717) is 11.5 Å². The molecule has 1 aliphatic rings. The second-order valence-electron chi connectivity index (χ2n) is 6.40. The Morgan fingerprint density at radius 3 is 2.31 bits per heavy atom. The molecule has 1 aromatic carbocycles. The maximum absolute atomic E-state index is 11.7. The summed E-state index contributed by atoms with van der Waals surface area (Å²) in [5, 5.41) is 3.08. The highest BCUT2D eigenvalue weighted by atomic mass is 32.2. The minimum atomic E-state index is -3.26. The normalized spacial score (nSPS) is 14.9. The molecule has 0 saturated carbocycles. The summed E-state index contributed by atoms with van der Waals surface area (Å²) in [6, 6.07) is 9.77. The van der Waals surface area contributed by atoms with Crippen LogP contribution in [0.3, 0.4) is 0 Å². The Morgan fingerprint density at radius 1 is 1.08 bits per heavy atom. The fourth-order valence-corrected chi connectivity index (χ4v) is 3.59. The summed E-state index contributed by atoms with van der Waals surface area (Å²) in [5.41, 5.74) is 6.38. The Bertz CT molecular complexity index is 905. The molecule has 2 aromatic rings. The monoisotopic (exact) mass is 374 g/mol. The number of carbonyl (C=O) groups excluding carboxylic acids is 1. The van der Waals surface area contributed by atoms with Crippen LogP contribution in [0.4, 0.5) is 17.3 Å². The number of nitrogens with two attached hydrogens (primary N) is 1. The Kier molecular flexibility index (Phi) is 5.13. The van der Waals surface area contributed by atoms with Crippen LogP contribution in [0.25, 0.3) is 0 Å². The van der Waals surface area contributed by atoms with Crippen molar-refractivity contribution in [2.45, 2.75) is 24.2 Å². The van der Waals surface area contributed by atoms with Crippen molar-refractivity contribution in [2.75, 3.05) is 29.6 Å². The highest BCUT2D eigenvalue weighted by Gasteiger charge is 2.17. The lowest BCUT2D eigenvalue weighted by Crippen LogP contribution is -2.30. The highest BCUT2D eigenvalue weighted by Crippen LogP contribution is 2.25. The second kappa shape index (κ2) is 7.33. The second-order valence-corrected chi connectivity index (χ2v) is 8.41. The standard InChI is InChI=1S/C18H22N4O3S/c1-26(24,25)14-7-5-13(6-8-14)20-18-15(17(19)23)9-10-16(21-18)22-11-3-2-4-12-22/h5-10H,2-4,11-12H2,1H3,(H2,19,23)(H,20,21). The van der Waals surface area contributed by atoms with Gasteiger partial charge in [-0.2, -0.15) is 0 Å². The van der Waals surface area contributed by atoms with Gasteiger partial charge >= 0.3 is 0 Å². The molecule has 3 N–H and O–H groups in total. The molecule has 1 aromatic heterocycles. The summed E-state index contributed by atoms with van der Waals surface area (Å²) in [6.45, 7) is 1.87. The average molecular weight is 374 g/mol. The minimum Gasteiger partial charge on any atom is -0.365 e. The molecular formula is C18H22N4O3S. The Balaban J connectivity index is 1.90. The van der Waals surface area contributed by atoms with Crippen LogP contribution in [0.5, 0.6) is 0 Å². The van der Waals surface area contributed by atoms with Crippen molar-refractivity contribution in [3.8, 4) is 0 Å². The van der Waals surface area contributed by atoms with Crippen LogP contribution < -0.4 is 16.0 Å². The molecule has 1 saturated heterocycles. The summed E-state index contributed by atoms with van der Waals surface area (Å²) in [4.78, 5) is 18.7. The molecule has 8 heteroatoms. The number of carbonyl (C=O) groups is 1. The van der Waals surface area contributed by atoms with Crippen molar-refractivity contribution < 1.29 is 13.2 Å². The largest absolute Gasteiger partial charge is 0.365 e. The van der Waals surface area contributed by atoms with Gasteiger partial charge in [-0.25, -0.2) is 13.4 Å². The van der Waals surface area contributed by atoms with Gasteiger partial charge in [0.25, 0.3) is 5.91 Å². The van der Waals surface area contributed by atoms with E-state index in [2.05, 4.69) is 15.2 Å². The van der Waals surface area contributed by atoms with Crippen molar-refractivity contribution >= 4 is 33.1 Å². The number of primary amides is 1. The first-order valence-electron chi connectivity index (χ1n) is 8.47. The molecule has 1 amide bonds. The van der Waals surface area contributed by atoms with E-state index in [1.54, 1.807) is 18.2 Å². The first-order valence-corrected chi connectivity index (χ1v) is 10.4. The van der Waals surface area contributed by atoms with Gasteiger partial charge in [0.05, 0.1) is 10.5 Å². The summed E-state index contributed by atoms with van der Waals surface area (Å²) >= 11 is 0. The number of sulfone groups is 1. The van der Waals surface area contributed by atoms with Gasteiger partial charge in [0.15, 0.2) is 9.84 Å². The van der Waals surface area contributed by atoms with Gasteiger partial charge < -0.3 is 16.0 Å². The van der Waals surface area contributed by atoms with E-state index in [1.807, 2.05) is 6.07 Å². The Hall–Kier alpha value is -2.61. The van der Waals surface area contributed by atoms with E-state index >= 15 is 0 Å². The number of hydrogen-bond donors (Lipinski definition) is 2. The molecular weight excluding hydrogens is 352 g/mol. The lowest BCUT2D eigenvalue weighted by Gasteiger charge is -2.28. The van der Waals surface area contributed by atoms with E-state index in [4.69, 9.17) is 5.73 Å². The van der Waals surface area contributed by atoms with Gasteiger partial charge in [-0.05, 0) is 55.7 Å². The number of aromatic nitrogens is 1. The molecule has 1 fully saturated rings. The van der Waals surface area contributed by atoms with Gasteiger partial charge in [0.1, 0.15) is 11.6 Å². The van der Waals surface area contributed by atoms with E-state index < -0.39 is 15.7 Å². The molecule has 0 unspecified atom stereocenters. The number of hydrogen-bond acceptors (Lipinski definition) is 6. The number of amides is 1. The molecule has 1 aliphatic heterocycles. The van der Waals surface area contributed by atoms with E-state index in [-0.39, 0.29) is 10.5 Å². The maximum Gasteiger partial charge on any atom is 0.252 e. The third kappa shape index (κ3) is 4.13. The van der Waals surface area contributed by atoms with Crippen LogP contribution in [-0.4, -0.2) is 38.7 Å². The van der Waals surface area contributed by atoms with Crippen molar-refractivity contribution in [1.29, 1.82) is 0 Å². The molecule has 0 atom stereocenters. The van der Waals surface area contributed by atoms with Crippen LogP contribution in [0, 0.1) is 0 Å². The van der Waals surface area contributed by atoms with Gasteiger partial charge in [0, 0.05) is 25.0 Å². The first kappa shape index (κ1) is 18.2. The zero-order chi connectivity index (χ0) is 18.7. The quantitative estimate of drug-likeness (QED) is 0.832.